The fourth-order valence-electron chi connectivity index (χ4n) is 3.85. The lowest BCUT2D eigenvalue weighted by atomic mass is 10.1. The summed E-state index contributed by atoms with van der Waals surface area (Å²) in [5.41, 5.74) is 5.59. The first-order chi connectivity index (χ1) is 14.1. The molecule has 1 aromatic carbocycles. The van der Waals surface area contributed by atoms with Crippen LogP contribution in [0.5, 0.6) is 0 Å². The predicted molar refractivity (Wildman–Crippen MR) is 121 cm³/mol. The van der Waals surface area contributed by atoms with Crippen LogP contribution < -0.4 is 4.90 Å². The lowest BCUT2D eigenvalue weighted by Gasteiger charge is -2.35. The maximum atomic E-state index is 5.21. The molecule has 7 nitrogen and oxygen atoms in total. The van der Waals surface area contributed by atoms with Gasteiger partial charge in [0.2, 0.25) is 0 Å². The van der Waals surface area contributed by atoms with Crippen LogP contribution in [-0.2, 0) is 24.9 Å². The number of benzene rings is 1. The average molecular weight is 429 g/mol. The number of piperazine rings is 1. The minimum absolute atomic E-state index is 0. The number of methoxy groups -OCH3 is 1. The SMILES string of the molecule is COCc1ccc(-c2nccnc2N2CCN(Cc3cn(C)nc3C)CC2)cc1.Cl. The van der Waals surface area contributed by atoms with Crippen molar-refractivity contribution in [2.75, 3.05) is 38.2 Å². The van der Waals surface area contributed by atoms with Crippen molar-refractivity contribution in [3.63, 3.8) is 0 Å². The first kappa shape index (κ1) is 22.2. The zero-order valence-electron chi connectivity index (χ0n) is 17.8. The van der Waals surface area contributed by atoms with Crippen LogP contribution in [0.1, 0.15) is 16.8 Å². The van der Waals surface area contributed by atoms with Crippen LogP contribution in [0.25, 0.3) is 11.3 Å². The third-order valence-electron chi connectivity index (χ3n) is 5.40. The Kier molecular flexibility index (Phi) is 7.42. The first-order valence-electron chi connectivity index (χ1n) is 9.99. The predicted octanol–water partition coefficient (Wildman–Crippen LogP) is 3.08. The third kappa shape index (κ3) is 4.98. The van der Waals surface area contributed by atoms with Crippen molar-refractivity contribution in [2.45, 2.75) is 20.1 Å². The van der Waals surface area contributed by atoms with E-state index in [0.29, 0.717) is 6.61 Å². The minimum Gasteiger partial charge on any atom is -0.380 e. The van der Waals surface area contributed by atoms with Gasteiger partial charge in [0.05, 0.1) is 12.3 Å². The van der Waals surface area contributed by atoms with E-state index in [1.165, 1.54) is 5.56 Å². The minimum atomic E-state index is 0. The second kappa shape index (κ2) is 10.0. The van der Waals surface area contributed by atoms with E-state index in [0.717, 1.165) is 61.1 Å². The molecule has 30 heavy (non-hydrogen) atoms. The van der Waals surface area contributed by atoms with Gasteiger partial charge in [0.1, 0.15) is 5.69 Å². The number of hydrogen-bond donors (Lipinski definition) is 0. The molecule has 0 radical (unpaired) electrons. The number of nitrogens with zero attached hydrogens (tertiary/aromatic N) is 6. The van der Waals surface area contributed by atoms with E-state index in [4.69, 9.17) is 4.74 Å². The highest BCUT2D eigenvalue weighted by atomic mass is 35.5. The monoisotopic (exact) mass is 428 g/mol. The van der Waals surface area contributed by atoms with Gasteiger partial charge in [-0.3, -0.25) is 14.6 Å². The summed E-state index contributed by atoms with van der Waals surface area (Å²) in [6.45, 7) is 7.51. The van der Waals surface area contributed by atoms with E-state index >= 15 is 0 Å². The highest BCUT2D eigenvalue weighted by molar-refractivity contribution is 5.85. The summed E-state index contributed by atoms with van der Waals surface area (Å²) in [7, 11) is 3.69. The summed E-state index contributed by atoms with van der Waals surface area (Å²) in [6, 6.07) is 8.38. The van der Waals surface area contributed by atoms with Gasteiger partial charge in [-0.25, -0.2) is 4.98 Å². The standard InChI is InChI=1S/C22H28N6O.ClH/c1-17-20(14-26(2)25-17)15-27-10-12-28(13-11-27)22-21(23-8-9-24-22)19-6-4-18(5-7-19)16-29-3;/h4-9,14H,10-13,15-16H2,1-3H3;1H. The Hall–Kier alpha value is -2.48. The molecule has 0 atom stereocenters. The van der Waals surface area contributed by atoms with Gasteiger partial charge in [-0.1, -0.05) is 24.3 Å². The fraction of sp³-hybridized carbons (Fsp3) is 0.409. The lowest BCUT2D eigenvalue weighted by molar-refractivity contribution is 0.185. The van der Waals surface area contributed by atoms with Gasteiger partial charge in [0.15, 0.2) is 5.82 Å². The van der Waals surface area contributed by atoms with Crippen molar-refractivity contribution in [3.8, 4) is 11.3 Å². The summed E-state index contributed by atoms with van der Waals surface area (Å²) < 4.78 is 7.10. The smallest absolute Gasteiger partial charge is 0.155 e. The number of anilines is 1. The van der Waals surface area contributed by atoms with Crippen LogP contribution in [0, 0.1) is 6.92 Å². The van der Waals surface area contributed by atoms with E-state index in [1.54, 1.807) is 19.5 Å². The number of aryl methyl sites for hydroxylation is 2. The molecule has 0 unspecified atom stereocenters. The van der Waals surface area contributed by atoms with Crippen LogP contribution in [0.2, 0.25) is 0 Å². The summed E-state index contributed by atoms with van der Waals surface area (Å²) >= 11 is 0. The Morgan fingerprint density at radius 2 is 1.70 bits per heavy atom. The molecule has 0 spiro atoms. The molecule has 2 aromatic heterocycles. The Morgan fingerprint density at radius 1 is 1.00 bits per heavy atom. The van der Waals surface area contributed by atoms with Crippen molar-refractivity contribution >= 4 is 18.2 Å². The van der Waals surface area contributed by atoms with Crippen LogP contribution >= 0.6 is 12.4 Å². The number of aromatic nitrogens is 4. The molecule has 1 aliphatic heterocycles. The Bertz CT molecular complexity index is 951. The Morgan fingerprint density at radius 3 is 2.33 bits per heavy atom. The van der Waals surface area contributed by atoms with E-state index in [1.807, 2.05) is 11.7 Å². The van der Waals surface area contributed by atoms with Crippen LogP contribution in [0.4, 0.5) is 5.82 Å². The van der Waals surface area contributed by atoms with E-state index in [9.17, 15) is 0 Å². The number of rotatable bonds is 6. The summed E-state index contributed by atoms with van der Waals surface area (Å²) in [5.74, 6) is 0.962. The molecule has 3 heterocycles. The molecular weight excluding hydrogens is 400 g/mol. The zero-order valence-corrected chi connectivity index (χ0v) is 18.6. The van der Waals surface area contributed by atoms with Gasteiger partial charge in [0, 0.05) is 76.6 Å². The normalized spacial score (nSPS) is 14.6. The highest BCUT2D eigenvalue weighted by Crippen LogP contribution is 2.28. The first-order valence-corrected chi connectivity index (χ1v) is 9.99. The van der Waals surface area contributed by atoms with Gasteiger partial charge in [-0.2, -0.15) is 5.10 Å². The molecule has 0 saturated carbocycles. The molecule has 3 aromatic rings. The lowest BCUT2D eigenvalue weighted by Crippen LogP contribution is -2.46. The van der Waals surface area contributed by atoms with Gasteiger partial charge in [0.25, 0.3) is 0 Å². The number of ether oxygens (including phenoxy) is 1. The molecule has 0 N–H and O–H groups in total. The maximum Gasteiger partial charge on any atom is 0.155 e. The third-order valence-corrected chi connectivity index (χ3v) is 5.40. The van der Waals surface area contributed by atoms with Gasteiger partial charge < -0.3 is 9.64 Å². The van der Waals surface area contributed by atoms with Crippen molar-refractivity contribution in [3.05, 3.63) is 59.7 Å². The zero-order chi connectivity index (χ0) is 20.2. The highest BCUT2D eigenvalue weighted by Gasteiger charge is 2.22. The Labute approximate surface area is 184 Å². The van der Waals surface area contributed by atoms with Gasteiger partial charge >= 0.3 is 0 Å². The molecule has 8 heteroatoms. The van der Waals surface area contributed by atoms with Crippen LogP contribution in [0.3, 0.4) is 0 Å². The van der Waals surface area contributed by atoms with Crippen molar-refractivity contribution in [2.24, 2.45) is 7.05 Å². The molecular formula is C22H29ClN6O. The van der Waals surface area contributed by atoms with Crippen LogP contribution in [-0.4, -0.2) is 57.9 Å². The molecule has 0 aliphatic carbocycles. The quantitative estimate of drug-likeness (QED) is 0.601. The number of hydrogen-bond acceptors (Lipinski definition) is 6. The fourth-order valence-corrected chi connectivity index (χ4v) is 3.85. The average Bonchev–Trinajstić information content (AvgIpc) is 3.06. The van der Waals surface area contributed by atoms with Crippen molar-refractivity contribution in [1.29, 1.82) is 0 Å². The summed E-state index contributed by atoms with van der Waals surface area (Å²) in [4.78, 5) is 14.1. The second-order valence-electron chi connectivity index (χ2n) is 7.54. The van der Waals surface area contributed by atoms with E-state index in [-0.39, 0.29) is 12.4 Å². The molecule has 1 aliphatic rings. The van der Waals surface area contributed by atoms with E-state index < -0.39 is 0 Å². The topological polar surface area (TPSA) is 59.3 Å². The van der Waals surface area contributed by atoms with E-state index in [2.05, 4.69) is 62.3 Å². The molecule has 1 fully saturated rings. The van der Waals surface area contributed by atoms with Gasteiger partial charge in [-0.05, 0) is 12.5 Å². The summed E-state index contributed by atoms with van der Waals surface area (Å²) in [6.07, 6.45) is 5.67. The van der Waals surface area contributed by atoms with Crippen molar-refractivity contribution < 1.29 is 4.74 Å². The summed E-state index contributed by atoms with van der Waals surface area (Å²) in [5, 5.41) is 4.46. The molecule has 1 saturated heterocycles. The number of halogens is 1. The largest absolute Gasteiger partial charge is 0.380 e. The molecule has 4 rings (SSSR count). The van der Waals surface area contributed by atoms with Gasteiger partial charge in [-0.15, -0.1) is 12.4 Å². The molecule has 160 valence electrons. The Balaban J connectivity index is 0.00000256. The van der Waals surface area contributed by atoms with Crippen molar-refractivity contribution in [1.82, 2.24) is 24.6 Å². The molecule has 0 amide bonds. The second-order valence-corrected chi connectivity index (χ2v) is 7.54. The van der Waals surface area contributed by atoms with Crippen LogP contribution in [0.15, 0.2) is 42.9 Å². The maximum absolute atomic E-state index is 5.21. The molecule has 0 bridgehead atoms.